The minimum Gasteiger partial charge on any atom is -0.396 e. The van der Waals surface area contributed by atoms with Crippen molar-refractivity contribution in [1.29, 1.82) is 0 Å². The summed E-state index contributed by atoms with van der Waals surface area (Å²) in [5.41, 5.74) is 0.354. The predicted molar refractivity (Wildman–Crippen MR) is 77.5 cm³/mol. The second-order valence-electron chi connectivity index (χ2n) is 3.70. The van der Waals surface area contributed by atoms with Crippen LogP contribution in [0.4, 0.5) is 14.9 Å². The van der Waals surface area contributed by atoms with Gasteiger partial charge < -0.3 is 15.7 Å². The van der Waals surface area contributed by atoms with E-state index in [0.29, 0.717) is 12.2 Å². The van der Waals surface area contributed by atoms with Crippen LogP contribution in [0.5, 0.6) is 0 Å². The van der Waals surface area contributed by atoms with Gasteiger partial charge in [-0.3, -0.25) is 0 Å². The average Bonchev–Trinajstić information content (AvgIpc) is 2.38. The number of halogens is 2. The first kappa shape index (κ1) is 16.1. The lowest BCUT2D eigenvalue weighted by Gasteiger charge is -2.07. The smallest absolute Gasteiger partial charge is 0.319 e. The Bertz CT molecular complexity index is 421. The Morgan fingerprint density at radius 2 is 2.21 bits per heavy atom. The van der Waals surface area contributed by atoms with E-state index >= 15 is 0 Å². The summed E-state index contributed by atoms with van der Waals surface area (Å²) in [7, 11) is 0. The van der Waals surface area contributed by atoms with E-state index in [1.165, 1.54) is 12.1 Å². The van der Waals surface area contributed by atoms with Crippen LogP contribution in [0.15, 0.2) is 18.2 Å². The molecule has 1 aromatic carbocycles. The van der Waals surface area contributed by atoms with Gasteiger partial charge in [0.15, 0.2) is 0 Å². The van der Waals surface area contributed by atoms with Crippen LogP contribution < -0.4 is 10.6 Å². The van der Waals surface area contributed by atoms with E-state index in [2.05, 4.69) is 10.6 Å². The number of carbonyl (C=O) groups excluding carboxylic acids is 1. The molecule has 4 nitrogen and oxygen atoms in total. The second kappa shape index (κ2) is 9.01. The van der Waals surface area contributed by atoms with Gasteiger partial charge in [0, 0.05) is 24.6 Å². The number of urea groups is 1. The van der Waals surface area contributed by atoms with Crippen molar-refractivity contribution < 1.29 is 14.3 Å². The van der Waals surface area contributed by atoms with Gasteiger partial charge in [-0.05, 0) is 30.4 Å². The molecule has 2 amide bonds. The molecule has 106 valence electrons. The number of aliphatic hydroxyl groups is 1. The van der Waals surface area contributed by atoms with Crippen molar-refractivity contribution in [1.82, 2.24) is 5.32 Å². The van der Waals surface area contributed by atoms with Crippen LogP contribution in [0.3, 0.4) is 0 Å². The molecule has 0 fully saturated rings. The maximum absolute atomic E-state index is 13.1. The molecule has 0 aliphatic heterocycles. The molecule has 0 aliphatic carbocycles. The molecule has 0 heterocycles. The number of nitrogens with one attached hydrogen (secondary N) is 2. The Hall–Kier alpha value is -0.980. The van der Waals surface area contributed by atoms with Crippen molar-refractivity contribution >= 4 is 35.1 Å². The SMILES string of the molecule is O=C(NCCSCCCO)Nc1ccc(Cl)c(F)c1. The molecule has 19 heavy (non-hydrogen) atoms. The molecule has 0 spiro atoms. The number of amides is 2. The Kier molecular flexibility index (Phi) is 7.62. The Balaban J connectivity index is 2.21. The summed E-state index contributed by atoms with van der Waals surface area (Å²) in [5.74, 6) is 1.06. The molecule has 0 aromatic heterocycles. The largest absolute Gasteiger partial charge is 0.396 e. The van der Waals surface area contributed by atoms with Gasteiger partial charge in [-0.1, -0.05) is 11.6 Å². The third-order valence-electron chi connectivity index (χ3n) is 2.16. The Morgan fingerprint density at radius 1 is 1.42 bits per heavy atom. The molecule has 0 unspecified atom stereocenters. The Labute approximate surface area is 120 Å². The number of aliphatic hydroxyl groups excluding tert-OH is 1. The summed E-state index contributed by atoms with van der Waals surface area (Å²) in [5, 5.41) is 13.8. The maximum Gasteiger partial charge on any atom is 0.319 e. The fourth-order valence-electron chi connectivity index (χ4n) is 1.25. The lowest BCUT2D eigenvalue weighted by atomic mass is 10.3. The minimum absolute atomic E-state index is 0.0197. The first-order valence-electron chi connectivity index (χ1n) is 5.82. The van der Waals surface area contributed by atoms with Gasteiger partial charge in [-0.15, -0.1) is 0 Å². The van der Waals surface area contributed by atoms with Gasteiger partial charge in [-0.25, -0.2) is 9.18 Å². The first-order valence-corrected chi connectivity index (χ1v) is 7.35. The van der Waals surface area contributed by atoms with E-state index in [1.807, 2.05) is 0 Å². The van der Waals surface area contributed by atoms with E-state index in [9.17, 15) is 9.18 Å². The summed E-state index contributed by atoms with van der Waals surface area (Å²) < 4.78 is 13.1. The topological polar surface area (TPSA) is 61.4 Å². The maximum atomic E-state index is 13.1. The van der Waals surface area contributed by atoms with Crippen LogP contribution in [-0.2, 0) is 0 Å². The van der Waals surface area contributed by atoms with Gasteiger partial charge >= 0.3 is 6.03 Å². The van der Waals surface area contributed by atoms with Crippen LogP contribution in [0.2, 0.25) is 5.02 Å². The molecule has 0 radical (unpaired) electrons. The fraction of sp³-hybridized carbons (Fsp3) is 0.417. The third-order valence-corrected chi connectivity index (χ3v) is 3.53. The number of carbonyl (C=O) groups is 1. The number of thioether (sulfide) groups is 1. The number of anilines is 1. The normalized spacial score (nSPS) is 10.3. The average molecular weight is 307 g/mol. The molecular formula is C12H16ClFN2O2S. The third kappa shape index (κ3) is 6.66. The summed E-state index contributed by atoms with van der Waals surface area (Å²) in [4.78, 5) is 11.5. The number of hydrogen-bond acceptors (Lipinski definition) is 3. The zero-order valence-corrected chi connectivity index (χ0v) is 11.9. The van der Waals surface area contributed by atoms with Gasteiger partial charge in [0.05, 0.1) is 5.02 Å². The molecule has 0 saturated carbocycles. The van der Waals surface area contributed by atoms with E-state index < -0.39 is 5.82 Å². The summed E-state index contributed by atoms with van der Waals surface area (Å²) in [6, 6.07) is 3.69. The summed E-state index contributed by atoms with van der Waals surface area (Å²) in [6.45, 7) is 0.695. The first-order chi connectivity index (χ1) is 9.13. The van der Waals surface area contributed by atoms with E-state index in [4.69, 9.17) is 16.7 Å². The highest BCUT2D eigenvalue weighted by molar-refractivity contribution is 7.99. The zero-order chi connectivity index (χ0) is 14.1. The van der Waals surface area contributed by atoms with E-state index in [-0.39, 0.29) is 17.7 Å². The molecule has 1 aromatic rings. The van der Waals surface area contributed by atoms with Crippen LogP contribution in [0.25, 0.3) is 0 Å². The van der Waals surface area contributed by atoms with Gasteiger partial charge in [-0.2, -0.15) is 11.8 Å². The number of benzene rings is 1. The van der Waals surface area contributed by atoms with Crippen molar-refractivity contribution in [3.8, 4) is 0 Å². The summed E-state index contributed by atoms with van der Waals surface area (Å²) in [6.07, 6.45) is 0.751. The Morgan fingerprint density at radius 3 is 2.89 bits per heavy atom. The minimum atomic E-state index is -0.570. The molecule has 0 saturated heterocycles. The lowest BCUT2D eigenvalue weighted by molar-refractivity contribution is 0.252. The number of rotatable bonds is 7. The standard InChI is InChI=1S/C12H16ClFN2O2S/c13-10-3-2-9(8-11(10)14)16-12(18)15-4-7-19-6-1-5-17/h2-3,8,17H,1,4-7H2,(H2,15,16,18). The van der Waals surface area contributed by atoms with Crippen LogP contribution >= 0.6 is 23.4 Å². The van der Waals surface area contributed by atoms with Crippen molar-refractivity contribution in [3.63, 3.8) is 0 Å². The van der Waals surface area contributed by atoms with E-state index in [1.54, 1.807) is 11.8 Å². The summed E-state index contributed by atoms with van der Waals surface area (Å²) >= 11 is 7.19. The van der Waals surface area contributed by atoms with Gasteiger partial charge in [0.1, 0.15) is 5.82 Å². The van der Waals surface area contributed by atoms with Crippen molar-refractivity contribution in [2.45, 2.75) is 6.42 Å². The monoisotopic (exact) mass is 306 g/mol. The second-order valence-corrected chi connectivity index (χ2v) is 5.33. The molecule has 3 N–H and O–H groups in total. The van der Waals surface area contributed by atoms with Gasteiger partial charge in [0.25, 0.3) is 0 Å². The van der Waals surface area contributed by atoms with Crippen LogP contribution in [0, 0.1) is 5.82 Å². The molecule has 1 rings (SSSR count). The molecule has 0 aliphatic rings. The highest BCUT2D eigenvalue weighted by atomic mass is 35.5. The molecule has 7 heteroatoms. The van der Waals surface area contributed by atoms with Crippen LogP contribution in [-0.4, -0.2) is 35.8 Å². The van der Waals surface area contributed by atoms with Crippen molar-refractivity contribution in [2.75, 3.05) is 30.0 Å². The highest BCUT2D eigenvalue weighted by Crippen LogP contribution is 2.18. The predicted octanol–water partition coefficient (Wildman–Crippen LogP) is 2.72. The lowest BCUT2D eigenvalue weighted by Crippen LogP contribution is -2.30. The molecular weight excluding hydrogens is 291 g/mol. The fourth-order valence-corrected chi connectivity index (χ4v) is 2.16. The van der Waals surface area contributed by atoms with Crippen LogP contribution in [0.1, 0.15) is 6.42 Å². The van der Waals surface area contributed by atoms with Crippen molar-refractivity contribution in [2.24, 2.45) is 0 Å². The quantitative estimate of drug-likeness (QED) is 0.679. The molecule has 0 atom stereocenters. The molecule has 0 bridgehead atoms. The zero-order valence-electron chi connectivity index (χ0n) is 10.3. The highest BCUT2D eigenvalue weighted by Gasteiger charge is 2.04. The van der Waals surface area contributed by atoms with Gasteiger partial charge in [0.2, 0.25) is 0 Å². The van der Waals surface area contributed by atoms with E-state index in [0.717, 1.165) is 24.0 Å². The van der Waals surface area contributed by atoms with Crippen molar-refractivity contribution in [3.05, 3.63) is 29.0 Å². The number of hydrogen-bond donors (Lipinski definition) is 3.